The minimum absolute atomic E-state index is 0.0509. The first kappa shape index (κ1) is 14.5. The van der Waals surface area contributed by atoms with Crippen molar-refractivity contribution in [3.8, 4) is 0 Å². The van der Waals surface area contributed by atoms with Crippen LogP contribution in [0.2, 0.25) is 0 Å². The third-order valence-corrected chi connectivity index (χ3v) is 2.66. The number of amides is 1. The third kappa shape index (κ3) is 4.38. The summed E-state index contributed by atoms with van der Waals surface area (Å²) in [6.07, 6.45) is 3.13. The average molecular weight is 253 g/mol. The van der Waals surface area contributed by atoms with Gasteiger partial charge in [-0.3, -0.25) is 4.79 Å². The summed E-state index contributed by atoms with van der Waals surface area (Å²) >= 11 is 0. The van der Waals surface area contributed by atoms with E-state index in [4.69, 9.17) is 9.47 Å². The summed E-state index contributed by atoms with van der Waals surface area (Å²) in [6, 6.07) is 1.69. The summed E-state index contributed by atoms with van der Waals surface area (Å²) in [5.74, 6) is -0.0859. The predicted molar refractivity (Wildman–Crippen MR) is 65.9 cm³/mol. The fraction of sp³-hybridized carbons (Fsp3) is 0.583. The zero-order valence-corrected chi connectivity index (χ0v) is 11.0. The van der Waals surface area contributed by atoms with Crippen LogP contribution < -0.4 is 0 Å². The van der Waals surface area contributed by atoms with Crippen molar-refractivity contribution < 1.29 is 14.3 Å². The van der Waals surface area contributed by atoms with Crippen LogP contribution in [0.4, 0.5) is 0 Å². The maximum Gasteiger partial charge on any atom is 0.248 e. The molecule has 6 nitrogen and oxygen atoms in total. The van der Waals surface area contributed by atoms with Gasteiger partial charge in [0.05, 0.1) is 24.9 Å². The molecule has 0 N–H and O–H groups in total. The van der Waals surface area contributed by atoms with Gasteiger partial charge in [0.15, 0.2) is 0 Å². The van der Waals surface area contributed by atoms with E-state index in [0.29, 0.717) is 13.2 Å². The van der Waals surface area contributed by atoms with Crippen LogP contribution in [0, 0.1) is 0 Å². The molecule has 0 bridgehead atoms. The monoisotopic (exact) mass is 253 g/mol. The normalized spacial score (nSPS) is 12.2. The summed E-state index contributed by atoms with van der Waals surface area (Å²) in [6.45, 7) is 2.86. The minimum Gasteiger partial charge on any atom is -0.382 e. The summed E-state index contributed by atoms with van der Waals surface area (Å²) in [4.78, 5) is 21.4. The average Bonchev–Trinajstić information content (AvgIpc) is 2.42. The molecule has 0 aromatic carbocycles. The van der Waals surface area contributed by atoms with E-state index in [-0.39, 0.29) is 18.6 Å². The molecule has 0 saturated heterocycles. The van der Waals surface area contributed by atoms with Crippen molar-refractivity contribution in [1.29, 1.82) is 0 Å². The molecule has 1 unspecified atom stereocenters. The van der Waals surface area contributed by atoms with Gasteiger partial charge in [0.1, 0.15) is 12.9 Å². The Labute approximate surface area is 107 Å². The summed E-state index contributed by atoms with van der Waals surface area (Å²) in [5.41, 5.74) is 0.803. The summed E-state index contributed by atoms with van der Waals surface area (Å²) in [5, 5.41) is 0. The van der Waals surface area contributed by atoms with Gasteiger partial charge in [0.25, 0.3) is 0 Å². The number of nitrogens with zero attached hydrogens (tertiary/aromatic N) is 3. The number of hydrogen-bond donors (Lipinski definition) is 0. The summed E-state index contributed by atoms with van der Waals surface area (Å²) in [7, 11) is 3.32. The van der Waals surface area contributed by atoms with Gasteiger partial charge in [-0.15, -0.1) is 0 Å². The molecule has 0 aliphatic carbocycles. The van der Waals surface area contributed by atoms with Crippen LogP contribution >= 0.6 is 0 Å². The van der Waals surface area contributed by atoms with Gasteiger partial charge in [0, 0.05) is 20.4 Å². The molecule has 1 aromatic heterocycles. The molecule has 0 fully saturated rings. The summed E-state index contributed by atoms with van der Waals surface area (Å²) < 4.78 is 10.0. The first-order valence-electron chi connectivity index (χ1n) is 5.75. The van der Waals surface area contributed by atoms with E-state index in [1.54, 1.807) is 31.3 Å². The second-order valence-corrected chi connectivity index (χ2v) is 3.86. The highest BCUT2D eigenvalue weighted by Gasteiger charge is 2.18. The molecule has 1 rings (SSSR count). The second kappa shape index (κ2) is 7.73. The molecular formula is C12H19N3O3. The molecule has 0 saturated carbocycles. The second-order valence-electron chi connectivity index (χ2n) is 3.86. The Balaban J connectivity index is 2.43. The lowest BCUT2D eigenvalue weighted by molar-refractivity contribution is -0.137. The van der Waals surface area contributed by atoms with Crippen molar-refractivity contribution in [2.24, 2.45) is 0 Å². The molecule has 1 atom stereocenters. The lowest BCUT2D eigenvalue weighted by Crippen LogP contribution is -2.33. The van der Waals surface area contributed by atoms with Crippen molar-refractivity contribution in [2.75, 3.05) is 34.0 Å². The number of rotatable bonds is 7. The van der Waals surface area contributed by atoms with E-state index >= 15 is 0 Å². The van der Waals surface area contributed by atoms with Crippen molar-refractivity contribution >= 4 is 5.91 Å². The number of ether oxygens (including phenoxy) is 2. The highest BCUT2D eigenvalue weighted by Crippen LogP contribution is 2.15. The zero-order valence-electron chi connectivity index (χ0n) is 11.0. The molecule has 6 heteroatoms. The minimum atomic E-state index is -0.105. The molecule has 1 heterocycles. The molecule has 100 valence electrons. The maximum atomic E-state index is 11.8. The van der Waals surface area contributed by atoms with Crippen LogP contribution in [0.5, 0.6) is 0 Å². The van der Waals surface area contributed by atoms with E-state index in [9.17, 15) is 4.79 Å². The van der Waals surface area contributed by atoms with Gasteiger partial charge in [-0.2, -0.15) is 0 Å². The van der Waals surface area contributed by atoms with Gasteiger partial charge < -0.3 is 14.4 Å². The topological polar surface area (TPSA) is 64.6 Å². The SMILES string of the molecule is COCCOCC(=O)N(C)C(C)c1ccncn1. The van der Waals surface area contributed by atoms with Crippen molar-refractivity contribution in [3.63, 3.8) is 0 Å². The molecular weight excluding hydrogens is 234 g/mol. The molecule has 0 aliphatic heterocycles. The smallest absolute Gasteiger partial charge is 0.248 e. The Morgan fingerprint density at radius 3 is 2.89 bits per heavy atom. The third-order valence-electron chi connectivity index (χ3n) is 2.66. The van der Waals surface area contributed by atoms with Gasteiger partial charge in [-0.25, -0.2) is 9.97 Å². The zero-order chi connectivity index (χ0) is 13.4. The van der Waals surface area contributed by atoms with E-state index in [2.05, 4.69) is 9.97 Å². The standard InChI is InChI=1S/C12H19N3O3/c1-10(11-4-5-13-9-14-11)15(2)12(16)8-18-7-6-17-3/h4-5,9-10H,6-8H2,1-3H3. The van der Waals surface area contributed by atoms with Crippen molar-refractivity contribution in [1.82, 2.24) is 14.9 Å². The Kier molecular flexibility index (Phi) is 6.24. The Morgan fingerprint density at radius 1 is 1.50 bits per heavy atom. The van der Waals surface area contributed by atoms with Gasteiger partial charge in [0.2, 0.25) is 5.91 Å². The Bertz CT molecular complexity index is 359. The predicted octanol–water partition coefficient (Wildman–Crippen LogP) is 0.659. The molecule has 18 heavy (non-hydrogen) atoms. The van der Waals surface area contributed by atoms with E-state index < -0.39 is 0 Å². The fourth-order valence-corrected chi connectivity index (χ4v) is 1.37. The maximum absolute atomic E-state index is 11.8. The molecule has 1 amide bonds. The van der Waals surface area contributed by atoms with E-state index in [1.807, 2.05) is 6.92 Å². The number of carbonyl (C=O) groups excluding carboxylic acids is 1. The van der Waals surface area contributed by atoms with E-state index in [0.717, 1.165) is 5.69 Å². The number of carbonyl (C=O) groups is 1. The largest absolute Gasteiger partial charge is 0.382 e. The van der Waals surface area contributed by atoms with Crippen LogP contribution in [-0.2, 0) is 14.3 Å². The van der Waals surface area contributed by atoms with Crippen LogP contribution in [0.3, 0.4) is 0 Å². The fourth-order valence-electron chi connectivity index (χ4n) is 1.37. The van der Waals surface area contributed by atoms with Crippen molar-refractivity contribution in [2.45, 2.75) is 13.0 Å². The molecule has 0 aliphatic rings. The van der Waals surface area contributed by atoms with Gasteiger partial charge in [-0.05, 0) is 13.0 Å². The van der Waals surface area contributed by atoms with Gasteiger partial charge in [-0.1, -0.05) is 0 Å². The first-order chi connectivity index (χ1) is 8.66. The van der Waals surface area contributed by atoms with Crippen molar-refractivity contribution in [3.05, 3.63) is 24.3 Å². The van der Waals surface area contributed by atoms with Crippen LogP contribution in [-0.4, -0.2) is 54.8 Å². The van der Waals surface area contributed by atoms with E-state index in [1.165, 1.54) is 6.33 Å². The van der Waals surface area contributed by atoms with Crippen LogP contribution in [0.15, 0.2) is 18.6 Å². The first-order valence-corrected chi connectivity index (χ1v) is 5.75. The lowest BCUT2D eigenvalue weighted by atomic mass is 10.2. The van der Waals surface area contributed by atoms with Crippen LogP contribution in [0.1, 0.15) is 18.7 Å². The highest BCUT2D eigenvalue weighted by atomic mass is 16.5. The Morgan fingerprint density at radius 2 is 2.28 bits per heavy atom. The number of hydrogen-bond acceptors (Lipinski definition) is 5. The van der Waals surface area contributed by atoms with Gasteiger partial charge >= 0.3 is 0 Å². The number of aromatic nitrogens is 2. The number of methoxy groups -OCH3 is 1. The molecule has 0 radical (unpaired) electrons. The quantitative estimate of drug-likeness (QED) is 0.668. The van der Waals surface area contributed by atoms with Crippen LogP contribution in [0.25, 0.3) is 0 Å². The number of likely N-dealkylation sites (N-methyl/N-ethyl adjacent to an activating group) is 1. The molecule has 0 spiro atoms. The molecule has 1 aromatic rings. The lowest BCUT2D eigenvalue weighted by Gasteiger charge is -2.24. The Hall–Kier alpha value is -1.53. The highest BCUT2D eigenvalue weighted by molar-refractivity contribution is 5.77.